The van der Waals surface area contributed by atoms with E-state index in [1.807, 2.05) is 19.1 Å². The summed E-state index contributed by atoms with van der Waals surface area (Å²) in [5.41, 5.74) is 2.11. The topological polar surface area (TPSA) is 69.2 Å². The quantitative estimate of drug-likeness (QED) is 0.762. The van der Waals surface area contributed by atoms with Crippen molar-refractivity contribution in [2.75, 3.05) is 0 Å². The SMILES string of the molecule is Cc1cnc(-c2ccc(Cl)cc2)nc1C1C(=O)[C@@H]2[C@H](C1=O)[C@H]1CC[C@@H]2O1. The summed E-state index contributed by atoms with van der Waals surface area (Å²) in [7, 11) is 0. The number of aromatic nitrogens is 2. The third-order valence-electron chi connectivity index (χ3n) is 5.89. The fourth-order valence-corrected chi connectivity index (χ4v) is 4.81. The first-order valence-electron chi connectivity index (χ1n) is 8.87. The van der Waals surface area contributed by atoms with E-state index in [9.17, 15) is 9.59 Å². The van der Waals surface area contributed by atoms with E-state index in [4.69, 9.17) is 16.3 Å². The highest BCUT2D eigenvalue weighted by molar-refractivity contribution is 6.30. The number of halogens is 1. The van der Waals surface area contributed by atoms with Gasteiger partial charge in [-0.05, 0) is 49.6 Å². The molecule has 6 heteroatoms. The fourth-order valence-electron chi connectivity index (χ4n) is 4.68. The predicted molar refractivity (Wildman–Crippen MR) is 94.8 cm³/mol. The van der Waals surface area contributed by atoms with Crippen molar-refractivity contribution >= 4 is 23.2 Å². The molecule has 1 aromatic carbocycles. The second-order valence-electron chi connectivity index (χ2n) is 7.35. The number of carbonyl (C=O) groups is 2. The zero-order valence-electron chi connectivity index (χ0n) is 14.2. The average Bonchev–Trinajstić information content (AvgIpc) is 3.31. The van der Waals surface area contributed by atoms with Crippen LogP contribution in [0.4, 0.5) is 0 Å². The van der Waals surface area contributed by atoms with Gasteiger partial charge in [-0.15, -0.1) is 0 Å². The van der Waals surface area contributed by atoms with E-state index in [2.05, 4.69) is 9.97 Å². The highest BCUT2D eigenvalue weighted by Gasteiger charge is 2.63. The molecule has 3 heterocycles. The van der Waals surface area contributed by atoms with Crippen LogP contribution >= 0.6 is 11.6 Å². The van der Waals surface area contributed by atoms with E-state index in [0.29, 0.717) is 16.5 Å². The maximum atomic E-state index is 13.1. The van der Waals surface area contributed by atoms with E-state index in [1.54, 1.807) is 18.3 Å². The first kappa shape index (κ1) is 16.1. The van der Waals surface area contributed by atoms with Gasteiger partial charge in [0.15, 0.2) is 17.4 Å². The van der Waals surface area contributed by atoms with Crippen LogP contribution in [0.3, 0.4) is 0 Å². The molecule has 2 aliphatic heterocycles. The minimum absolute atomic E-state index is 0.0314. The van der Waals surface area contributed by atoms with Gasteiger partial charge in [-0.2, -0.15) is 0 Å². The first-order chi connectivity index (χ1) is 12.5. The van der Waals surface area contributed by atoms with Crippen LogP contribution < -0.4 is 0 Å². The maximum Gasteiger partial charge on any atom is 0.159 e. The molecule has 2 saturated heterocycles. The van der Waals surface area contributed by atoms with Crippen molar-refractivity contribution in [3.63, 3.8) is 0 Å². The molecule has 26 heavy (non-hydrogen) atoms. The van der Waals surface area contributed by atoms with Gasteiger partial charge in [-0.3, -0.25) is 9.59 Å². The van der Waals surface area contributed by atoms with Gasteiger partial charge in [-0.1, -0.05) is 11.6 Å². The largest absolute Gasteiger partial charge is 0.373 e. The highest BCUT2D eigenvalue weighted by atomic mass is 35.5. The summed E-state index contributed by atoms with van der Waals surface area (Å²) >= 11 is 5.94. The molecule has 5 atom stereocenters. The zero-order chi connectivity index (χ0) is 18.0. The average molecular weight is 369 g/mol. The van der Waals surface area contributed by atoms with Crippen LogP contribution in [0.15, 0.2) is 30.5 Å². The van der Waals surface area contributed by atoms with Gasteiger partial charge < -0.3 is 4.74 Å². The summed E-state index contributed by atoms with van der Waals surface area (Å²) in [6.07, 6.45) is 3.24. The molecule has 2 aromatic rings. The van der Waals surface area contributed by atoms with Crippen LogP contribution in [0.2, 0.25) is 5.02 Å². The summed E-state index contributed by atoms with van der Waals surface area (Å²) in [5, 5.41) is 0.630. The first-order valence-corrected chi connectivity index (χ1v) is 9.25. The molecule has 1 unspecified atom stereocenters. The highest BCUT2D eigenvalue weighted by Crippen LogP contribution is 2.52. The molecule has 0 N–H and O–H groups in total. The van der Waals surface area contributed by atoms with Crippen molar-refractivity contribution < 1.29 is 14.3 Å². The number of Topliss-reactive ketones (excluding diaryl/α,β-unsaturated/α-hetero) is 2. The number of nitrogens with zero attached hydrogens (tertiary/aromatic N) is 2. The number of ketones is 2. The molecule has 0 spiro atoms. The number of rotatable bonds is 2. The van der Waals surface area contributed by atoms with Crippen LogP contribution in [0, 0.1) is 18.8 Å². The molecule has 1 saturated carbocycles. The molecule has 5 nitrogen and oxygen atoms in total. The van der Waals surface area contributed by atoms with Crippen molar-refractivity contribution in [3.8, 4) is 11.4 Å². The van der Waals surface area contributed by atoms with E-state index in [0.717, 1.165) is 24.0 Å². The van der Waals surface area contributed by atoms with Gasteiger partial charge in [0.1, 0.15) is 5.92 Å². The standard InChI is InChI=1S/C20H17ClN2O3/c1-9-8-22-20(10-2-4-11(21)5-3-10)23-17(9)16-18(24)14-12-6-7-13(26-12)15(14)19(16)25/h2-5,8,12-16H,6-7H2,1H3/t12-,13+,14-,15+,16?. The summed E-state index contributed by atoms with van der Waals surface area (Å²) in [5.74, 6) is -0.934. The van der Waals surface area contributed by atoms with Gasteiger partial charge in [0, 0.05) is 16.8 Å². The van der Waals surface area contributed by atoms with Crippen LogP contribution in [-0.4, -0.2) is 33.7 Å². The number of hydrogen-bond acceptors (Lipinski definition) is 5. The van der Waals surface area contributed by atoms with Crippen molar-refractivity contribution in [3.05, 3.63) is 46.7 Å². The lowest BCUT2D eigenvalue weighted by atomic mass is 9.81. The smallest absolute Gasteiger partial charge is 0.159 e. The maximum absolute atomic E-state index is 13.1. The molecule has 0 radical (unpaired) electrons. The predicted octanol–water partition coefficient (Wildman–Crippen LogP) is 3.13. The number of hydrogen-bond donors (Lipinski definition) is 0. The Bertz CT molecular complexity index is 899. The van der Waals surface area contributed by atoms with Crippen LogP contribution in [-0.2, 0) is 14.3 Å². The Labute approximate surface area is 155 Å². The van der Waals surface area contributed by atoms with Gasteiger partial charge in [0.05, 0.1) is 29.7 Å². The summed E-state index contributed by atoms with van der Waals surface area (Å²) in [4.78, 5) is 35.1. The summed E-state index contributed by atoms with van der Waals surface area (Å²) in [6.45, 7) is 1.85. The van der Waals surface area contributed by atoms with Crippen molar-refractivity contribution in [1.29, 1.82) is 0 Å². The summed E-state index contributed by atoms with van der Waals surface area (Å²) in [6, 6.07) is 7.20. The van der Waals surface area contributed by atoms with Crippen molar-refractivity contribution in [2.45, 2.75) is 37.9 Å². The third-order valence-corrected chi connectivity index (χ3v) is 6.14. The molecular weight excluding hydrogens is 352 g/mol. The second kappa shape index (κ2) is 5.69. The monoisotopic (exact) mass is 368 g/mol. The number of carbonyl (C=O) groups excluding carboxylic acids is 2. The lowest BCUT2D eigenvalue weighted by molar-refractivity contribution is -0.127. The van der Waals surface area contributed by atoms with Crippen molar-refractivity contribution in [2.24, 2.45) is 11.8 Å². The number of fused-ring (bicyclic) bond motifs is 5. The van der Waals surface area contributed by atoms with Crippen LogP contribution in [0.25, 0.3) is 11.4 Å². The minimum Gasteiger partial charge on any atom is -0.373 e. The molecular formula is C20H17ClN2O3. The minimum atomic E-state index is -0.786. The van der Waals surface area contributed by atoms with E-state index < -0.39 is 5.92 Å². The molecule has 132 valence electrons. The lowest BCUT2D eigenvalue weighted by Gasteiger charge is -2.16. The molecule has 3 aliphatic rings. The van der Waals surface area contributed by atoms with Crippen molar-refractivity contribution in [1.82, 2.24) is 9.97 Å². The third kappa shape index (κ3) is 2.20. The van der Waals surface area contributed by atoms with Gasteiger partial charge in [0.2, 0.25) is 0 Å². The molecule has 2 bridgehead atoms. The van der Waals surface area contributed by atoms with E-state index in [1.165, 1.54) is 0 Å². The lowest BCUT2D eigenvalue weighted by Crippen LogP contribution is -2.29. The van der Waals surface area contributed by atoms with E-state index >= 15 is 0 Å². The van der Waals surface area contributed by atoms with Crippen LogP contribution in [0.5, 0.6) is 0 Å². The van der Waals surface area contributed by atoms with Gasteiger partial charge >= 0.3 is 0 Å². The van der Waals surface area contributed by atoms with Gasteiger partial charge in [-0.25, -0.2) is 9.97 Å². The van der Waals surface area contributed by atoms with Gasteiger partial charge in [0.25, 0.3) is 0 Å². The Morgan fingerprint density at radius 3 is 2.27 bits per heavy atom. The Kier molecular flexibility index (Phi) is 3.52. The molecule has 0 amide bonds. The molecule has 3 fully saturated rings. The van der Waals surface area contributed by atoms with E-state index in [-0.39, 0.29) is 35.6 Å². The number of benzene rings is 1. The molecule has 1 aliphatic carbocycles. The second-order valence-corrected chi connectivity index (χ2v) is 7.78. The molecule has 5 rings (SSSR count). The number of aryl methyl sites for hydroxylation is 1. The van der Waals surface area contributed by atoms with Crippen LogP contribution in [0.1, 0.15) is 30.0 Å². The Morgan fingerprint density at radius 1 is 1.04 bits per heavy atom. The zero-order valence-corrected chi connectivity index (χ0v) is 14.9. The molecule has 1 aromatic heterocycles. The Hall–Kier alpha value is -2.11. The Morgan fingerprint density at radius 2 is 1.65 bits per heavy atom. The number of ether oxygens (including phenoxy) is 1. The Balaban J connectivity index is 1.56. The fraction of sp³-hybridized carbons (Fsp3) is 0.400. The normalized spacial score (nSPS) is 32.3. The summed E-state index contributed by atoms with van der Waals surface area (Å²) < 4.78 is 5.81.